The number of carbonyl (C=O) groups is 2. The number of rotatable bonds is 4. The van der Waals surface area contributed by atoms with Gasteiger partial charge in [0.1, 0.15) is 11.9 Å². The quantitative estimate of drug-likeness (QED) is 0.895. The van der Waals surface area contributed by atoms with Crippen molar-refractivity contribution in [1.29, 1.82) is 0 Å². The summed E-state index contributed by atoms with van der Waals surface area (Å²) in [5.74, 6) is -0.341. The van der Waals surface area contributed by atoms with Crippen LogP contribution in [0.3, 0.4) is 0 Å². The highest BCUT2D eigenvalue weighted by atomic mass is 16.5. The van der Waals surface area contributed by atoms with Gasteiger partial charge in [0, 0.05) is 11.7 Å². The lowest BCUT2D eigenvalue weighted by Crippen LogP contribution is -2.44. The minimum absolute atomic E-state index is 0.0255. The van der Waals surface area contributed by atoms with Gasteiger partial charge in [-0.05, 0) is 48.7 Å². The first kappa shape index (κ1) is 15.5. The molecule has 2 aromatic rings. The average Bonchev–Trinajstić information content (AvgIpc) is 3.46. The lowest BCUT2D eigenvalue weighted by atomic mass is 10.0. The second-order valence-electron chi connectivity index (χ2n) is 6.33. The SMILES string of the molecule is COc1ccc2c(c1)C(=O)N(C1CC1)[C@H](c1ccc(C(=O)O)cc1)N2. The molecule has 128 valence electrons. The molecule has 0 radical (unpaired) electrons. The topological polar surface area (TPSA) is 78.9 Å². The number of methoxy groups -OCH3 is 1. The van der Waals surface area contributed by atoms with Gasteiger partial charge in [-0.1, -0.05) is 12.1 Å². The Kier molecular flexibility index (Phi) is 3.60. The van der Waals surface area contributed by atoms with E-state index in [9.17, 15) is 9.59 Å². The highest BCUT2D eigenvalue weighted by Gasteiger charge is 2.42. The van der Waals surface area contributed by atoms with Crippen LogP contribution >= 0.6 is 0 Å². The Hall–Kier alpha value is -3.02. The van der Waals surface area contributed by atoms with E-state index >= 15 is 0 Å². The molecule has 0 spiro atoms. The van der Waals surface area contributed by atoms with Crippen LogP contribution in [0.15, 0.2) is 42.5 Å². The molecule has 1 atom stereocenters. The molecule has 2 aromatic carbocycles. The van der Waals surface area contributed by atoms with Crippen molar-refractivity contribution in [2.75, 3.05) is 12.4 Å². The van der Waals surface area contributed by atoms with Crippen LogP contribution in [0.5, 0.6) is 5.75 Å². The van der Waals surface area contributed by atoms with Crippen LogP contribution in [0.2, 0.25) is 0 Å². The number of hydrogen-bond donors (Lipinski definition) is 2. The van der Waals surface area contributed by atoms with Gasteiger partial charge in [0.2, 0.25) is 0 Å². The zero-order valence-electron chi connectivity index (χ0n) is 13.7. The molecule has 0 unspecified atom stereocenters. The summed E-state index contributed by atoms with van der Waals surface area (Å²) in [7, 11) is 1.58. The van der Waals surface area contributed by atoms with Crippen LogP contribution in [0.1, 0.15) is 45.3 Å². The first-order valence-corrected chi connectivity index (χ1v) is 8.19. The molecule has 2 aliphatic rings. The Morgan fingerprint density at radius 1 is 1.20 bits per heavy atom. The lowest BCUT2D eigenvalue weighted by molar-refractivity contribution is 0.0661. The molecule has 1 aliphatic carbocycles. The molecular weight excluding hydrogens is 320 g/mol. The van der Waals surface area contributed by atoms with Crippen molar-refractivity contribution in [3.05, 3.63) is 59.2 Å². The maximum atomic E-state index is 13.1. The van der Waals surface area contributed by atoms with Gasteiger partial charge < -0.3 is 20.1 Å². The number of nitrogens with zero attached hydrogens (tertiary/aromatic N) is 1. The fourth-order valence-electron chi connectivity index (χ4n) is 3.21. The lowest BCUT2D eigenvalue weighted by Gasteiger charge is -2.38. The smallest absolute Gasteiger partial charge is 0.335 e. The summed E-state index contributed by atoms with van der Waals surface area (Å²) in [4.78, 5) is 26.0. The number of carboxylic acid groups (broad SMARTS) is 1. The normalized spacial score (nSPS) is 19.2. The first-order chi connectivity index (χ1) is 12.1. The van der Waals surface area contributed by atoms with Crippen LogP contribution in [0, 0.1) is 0 Å². The monoisotopic (exact) mass is 338 g/mol. The second-order valence-corrected chi connectivity index (χ2v) is 6.33. The number of anilines is 1. The number of carbonyl (C=O) groups excluding carboxylic acids is 1. The van der Waals surface area contributed by atoms with Gasteiger partial charge in [0.15, 0.2) is 0 Å². The summed E-state index contributed by atoms with van der Waals surface area (Å²) >= 11 is 0. The van der Waals surface area contributed by atoms with Gasteiger partial charge in [-0.3, -0.25) is 4.79 Å². The van der Waals surface area contributed by atoms with Crippen molar-refractivity contribution in [3.63, 3.8) is 0 Å². The number of nitrogens with one attached hydrogen (secondary N) is 1. The first-order valence-electron chi connectivity index (χ1n) is 8.19. The predicted molar refractivity (Wildman–Crippen MR) is 92.0 cm³/mol. The largest absolute Gasteiger partial charge is 0.497 e. The zero-order chi connectivity index (χ0) is 17.6. The average molecular weight is 338 g/mol. The van der Waals surface area contributed by atoms with E-state index in [2.05, 4.69) is 5.32 Å². The van der Waals surface area contributed by atoms with E-state index in [1.807, 2.05) is 17.0 Å². The summed E-state index contributed by atoms with van der Waals surface area (Å²) in [6.45, 7) is 0. The molecule has 1 fully saturated rings. The van der Waals surface area contributed by atoms with Crippen molar-refractivity contribution < 1.29 is 19.4 Å². The molecule has 1 saturated carbocycles. The number of benzene rings is 2. The summed E-state index contributed by atoms with van der Waals surface area (Å²) in [5.41, 5.74) is 2.46. The summed E-state index contributed by atoms with van der Waals surface area (Å²) in [6.07, 6.45) is 1.66. The molecule has 6 heteroatoms. The standard InChI is InChI=1S/C19H18N2O4/c1-25-14-8-9-16-15(10-14)18(22)21(13-6-7-13)17(20-16)11-2-4-12(5-3-11)19(23)24/h2-5,8-10,13,17,20H,6-7H2,1H3,(H,23,24)/t17-/m1/s1. The Morgan fingerprint density at radius 2 is 1.92 bits per heavy atom. The third-order valence-corrected chi connectivity index (χ3v) is 4.68. The highest BCUT2D eigenvalue weighted by Crippen LogP contribution is 2.41. The number of hydrogen-bond acceptors (Lipinski definition) is 4. The fourth-order valence-corrected chi connectivity index (χ4v) is 3.21. The zero-order valence-corrected chi connectivity index (χ0v) is 13.7. The van der Waals surface area contributed by atoms with E-state index in [0.717, 1.165) is 24.1 Å². The minimum Gasteiger partial charge on any atom is -0.497 e. The van der Waals surface area contributed by atoms with Crippen LogP contribution in [-0.2, 0) is 0 Å². The number of fused-ring (bicyclic) bond motifs is 1. The van der Waals surface area contributed by atoms with E-state index in [1.165, 1.54) is 0 Å². The Labute approximate surface area is 145 Å². The van der Waals surface area contributed by atoms with Gasteiger partial charge in [0.05, 0.1) is 18.2 Å². The summed E-state index contributed by atoms with van der Waals surface area (Å²) in [5, 5.41) is 12.5. The molecule has 0 aromatic heterocycles. The van der Waals surface area contributed by atoms with E-state index in [1.54, 1.807) is 37.4 Å². The Bertz CT molecular complexity index is 843. The van der Waals surface area contributed by atoms with E-state index in [0.29, 0.717) is 11.3 Å². The minimum atomic E-state index is -0.962. The maximum Gasteiger partial charge on any atom is 0.335 e. The molecule has 6 nitrogen and oxygen atoms in total. The van der Waals surface area contributed by atoms with Crippen LogP contribution in [-0.4, -0.2) is 35.0 Å². The second kappa shape index (κ2) is 5.81. The van der Waals surface area contributed by atoms with Crippen molar-refractivity contribution >= 4 is 17.6 Å². The Morgan fingerprint density at radius 3 is 2.52 bits per heavy atom. The number of amides is 1. The molecule has 1 aliphatic heterocycles. The van der Waals surface area contributed by atoms with E-state index < -0.39 is 5.97 Å². The van der Waals surface area contributed by atoms with Crippen molar-refractivity contribution in [2.45, 2.75) is 25.0 Å². The number of aromatic carboxylic acids is 1. The fraction of sp³-hybridized carbons (Fsp3) is 0.263. The molecule has 1 heterocycles. The van der Waals surface area contributed by atoms with E-state index in [4.69, 9.17) is 9.84 Å². The molecular formula is C19H18N2O4. The molecule has 2 N–H and O–H groups in total. The summed E-state index contributed by atoms with van der Waals surface area (Å²) < 4.78 is 5.23. The molecule has 1 amide bonds. The van der Waals surface area contributed by atoms with Gasteiger partial charge in [-0.25, -0.2) is 4.79 Å². The van der Waals surface area contributed by atoms with Crippen molar-refractivity contribution in [1.82, 2.24) is 4.90 Å². The third-order valence-electron chi connectivity index (χ3n) is 4.68. The third kappa shape index (κ3) is 2.69. The van der Waals surface area contributed by atoms with Crippen molar-refractivity contribution in [2.24, 2.45) is 0 Å². The van der Waals surface area contributed by atoms with Crippen LogP contribution in [0.25, 0.3) is 0 Å². The molecule has 0 saturated heterocycles. The summed E-state index contributed by atoms with van der Waals surface area (Å²) in [6, 6.07) is 12.3. The van der Waals surface area contributed by atoms with Crippen molar-refractivity contribution in [3.8, 4) is 5.75 Å². The Balaban J connectivity index is 1.73. The van der Waals surface area contributed by atoms with Gasteiger partial charge >= 0.3 is 5.97 Å². The molecule has 25 heavy (non-hydrogen) atoms. The number of carboxylic acids is 1. The molecule has 4 rings (SSSR count). The van der Waals surface area contributed by atoms with Crippen LogP contribution < -0.4 is 10.1 Å². The number of ether oxygens (including phenoxy) is 1. The predicted octanol–water partition coefficient (Wildman–Crippen LogP) is 3.12. The van der Waals surface area contributed by atoms with Crippen LogP contribution in [0.4, 0.5) is 5.69 Å². The molecule has 0 bridgehead atoms. The maximum absolute atomic E-state index is 13.1. The van der Waals surface area contributed by atoms with Gasteiger partial charge in [-0.15, -0.1) is 0 Å². The van der Waals surface area contributed by atoms with E-state index in [-0.39, 0.29) is 23.7 Å². The van der Waals surface area contributed by atoms with Gasteiger partial charge in [0.25, 0.3) is 5.91 Å². The highest BCUT2D eigenvalue weighted by molar-refractivity contribution is 6.02. The van der Waals surface area contributed by atoms with Gasteiger partial charge in [-0.2, -0.15) is 0 Å².